The lowest BCUT2D eigenvalue weighted by Gasteiger charge is -2.07. The molecular weight excluding hydrogens is 276 g/mol. The average molecular weight is 292 g/mol. The van der Waals surface area contributed by atoms with E-state index in [1.807, 2.05) is 12.1 Å². The van der Waals surface area contributed by atoms with Crippen LogP contribution in [0.25, 0.3) is 0 Å². The van der Waals surface area contributed by atoms with Crippen molar-refractivity contribution in [1.29, 1.82) is 0 Å². The van der Waals surface area contributed by atoms with E-state index < -0.39 is 9.84 Å². The standard InChI is InChI=1S/C15H16O2S2/c1-12(2)18-13-8-10-15(11-9-13)19(16,17)14-6-4-3-5-7-14/h3-12H,1-2H3. The van der Waals surface area contributed by atoms with Crippen LogP contribution >= 0.6 is 11.8 Å². The van der Waals surface area contributed by atoms with E-state index in [1.54, 1.807) is 54.2 Å². The molecule has 0 aliphatic rings. The highest BCUT2D eigenvalue weighted by Crippen LogP contribution is 2.26. The van der Waals surface area contributed by atoms with Crippen LogP contribution in [0.3, 0.4) is 0 Å². The fourth-order valence-electron chi connectivity index (χ4n) is 1.71. The molecule has 0 bridgehead atoms. The molecule has 0 spiro atoms. The van der Waals surface area contributed by atoms with Crippen LogP contribution in [0.15, 0.2) is 69.3 Å². The van der Waals surface area contributed by atoms with Gasteiger partial charge in [-0.15, -0.1) is 11.8 Å². The minimum absolute atomic E-state index is 0.333. The summed E-state index contributed by atoms with van der Waals surface area (Å²) in [6.07, 6.45) is 0. The van der Waals surface area contributed by atoms with Crippen molar-refractivity contribution in [2.45, 2.75) is 33.8 Å². The van der Waals surface area contributed by atoms with Crippen LogP contribution in [-0.2, 0) is 9.84 Å². The Balaban J connectivity index is 2.32. The van der Waals surface area contributed by atoms with Crippen LogP contribution in [0.4, 0.5) is 0 Å². The Hall–Kier alpha value is -1.26. The van der Waals surface area contributed by atoms with Gasteiger partial charge in [0.1, 0.15) is 0 Å². The lowest BCUT2D eigenvalue weighted by atomic mass is 10.4. The largest absolute Gasteiger partial charge is 0.219 e. The predicted molar refractivity (Wildman–Crippen MR) is 79.3 cm³/mol. The van der Waals surface area contributed by atoms with Gasteiger partial charge in [0.2, 0.25) is 9.84 Å². The number of rotatable bonds is 4. The lowest BCUT2D eigenvalue weighted by Crippen LogP contribution is -2.01. The van der Waals surface area contributed by atoms with Crippen molar-refractivity contribution in [1.82, 2.24) is 0 Å². The van der Waals surface area contributed by atoms with Gasteiger partial charge < -0.3 is 0 Å². The minimum atomic E-state index is -3.39. The fourth-order valence-corrected chi connectivity index (χ4v) is 3.82. The number of thioether (sulfide) groups is 1. The maximum Gasteiger partial charge on any atom is 0.206 e. The second-order valence-corrected chi connectivity index (χ2v) is 8.05. The first-order valence-electron chi connectivity index (χ1n) is 6.07. The predicted octanol–water partition coefficient (Wildman–Crippen LogP) is 4.02. The highest BCUT2D eigenvalue weighted by Gasteiger charge is 2.16. The summed E-state index contributed by atoms with van der Waals surface area (Å²) in [6, 6.07) is 15.6. The maximum atomic E-state index is 12.4. The SMILES string of the molecule is CC(C)Sc1ccc(S(=O)(=O)c2ccccc2)cc1. The van der Waals surface area contributed by atoms with Crippen molar-refractivity contribution in [3.05, 3.63) is 54.6 Å². The zero-order valence-corrected chi connectivity index (χ0v) is 12.5. The molecule has 0 heterocycles. The van der Waals surface area contributed by atoms with Crippen LogP contribution in [0.2, 0.25) is 0 Å². The molecule has 4 heteroatoms. The Bertz CT molecular complexity index is 630. The van der Waals surface area contributed by atoms with E-state index in [1.165, 1.54) is 0 Å². The molecule has 19 heavy (non-hydrogen) atoms. The van der Waals surface area contributed by atoms with Crippen molar-refractivity contribution < 1.29 is 8.42 Å². The van der Waals surface area contributed by atoms with Crippen LogP contribution in [0, 0.1) is 0 Å². The van der Waals surface area contributed by atoms with E-state index in [2.05, 4.69) is 13.8 Å². The summed E-state index contributed by atoms with van der Waals surface area (Å²) >= 11 is 1.72. The highest BCUT2D eigenvalue weighted by atomic mass is 32.2. The van der Waals surface area contributed by atoms with Crippen LogP contribution in [0.1, 0.15) is 13.8 Å². The highest BCUT2D eigenvalue weighted by molar-refractivity contribution is 7.99. The molecule has 0 radical (unpaired) electrons. The van der Waals surface area contributed by atoms with Crippen LogP contribution in [-0.4, -0.2) is 13.7 Å². The molecule has 0 fully saturated rings. The second-order valence-electron chi connectivity index (χ2n) is 4.45. The second kappa shape index (κ2) is 5.80. The Morgan fingerprint density at radius 3 is 1.89 bits per heavy atom. The summed E-state index contributed by atoms with van der Waals surface area (Å²) in [4.78, 5) is 1.76. The summed E-state index contributed by atoms with van der Waals surface area (Å²) in [5, 5.41) is 0.483. The molecule has 100 valence electrons. The molecule has 0 saturated heterocycles. The third-order valence-electron chi connectivity index (χ3n) is 2.56. The van der Waals surface area contributed by atoms with Gasteiger partial charge >= 0.3 is 0 Å². The molecule has 2 rings (SSSR count). The number of benzene rings is 2. The smallest absolute Gasteiger partial charge is 0.206 e. The van der Waals surface area contributed by atoms with E-state index in [0.717, 1.165) is 4.90 Å². The van der Waals surface area contributed by atoms with E-state index in [-0.39, 0.29) is 0 Å². The average Bonchev–Trinajstić information content (AvgIpc) is 2.40. The van der Waals surface area contributed by atoms with E-state index >= 15 is 0 Å². The van der Waals surface area contributed by atoms with Gasteiger partial charge in [-0.3, -0.25) is 0 Å². The van der Waals surface area contributed by atoms with Gasteiger partial charge in [0.05, 0.1) is 9.79 Å². The molecule has 2 aromatic rings. The van der Waals surface area contributed by atoms with E-state index in [0.29, 0.717) is 15.0 Å². The van der Waals surface area contributed by atoms with E-state index in [4.69, 9.17) is 0 Å². The molecule has 0 aliphatic heterocycles. The van der Waals surface area contributed by atoms with Gasteiger partial charge in [-0.25, -0.2) is 8.42 Å². The van der Waals surface area contributed by atoms with Gasteiger partial charge in [-0.2, -0.15) is 0 Å². The summed E-state index contributed by atoms with van der Waals surface area (Å²) in [6.45, 7) is 4.22. The molecule has 0 aliphatic carbocycles. The fraction of sp³-hybridized carbons (Fsp3) is 0.200. The van der Waals surface area contributed by atoms with Gasteiger partial charge in [0, 0.05) is 10.1 Å². The third kappa shape index (κ3) is 3.39. The molecule has 0 atom stereocenters. The molecular formula is C15H16O2S2. The molecule has 0 amide bonds. The molecule has 0 N–H and O–H groups in total. The first-order valence-corrected chi connectivity index (χ1v) is 8.43. The van der Waals surface area contributed by atoms with Crippen molar-refractivity contribution in [3.63, 3.8) is 0 Å². The van der Waals surface area contributed by atoms with Crippen molar-refractivity contribution >= 4 is 21.6 Å². The van der Waals surface area contributed by atoms with Crippen molar-refractivity contribution in [3.8, 4) is 0 Å². The Labute approximate surface area is 118 Å². The van der Waals surface area contributed by atoms with Crippen molar-refractivity contribution in [2.24, 2.45) is 0 Å². The summed E-state index contributed by atoms with van der Waals surface area (Å²) < 4.78 is 24.7. The molecule has 2 aromatic carbocycles. The number of sulfone groups is 1. The Kier molecular flexibility index (Phi) is 4.32. The zero-order chi connectivity index (χ0) is 13.9. The van der Waals surface area contributed by atoms with Gasteiger partial charge in [-0.1, -0.05) is 32.0 Å². The van der Waals surface area contributed by atoms with Crippen LogP contribution in [0.5, 0.6) is 0 Å². The number of hydrogen-bond acceptors (Lipinski definition) is 3. The summed E-state index contributed by atoms with van der Waals surface area (Å²) in [5.74, 6) is 0. The topological polar surface area (TPSA) is 34.1 Å². The van der Waals surface area contributed by atoms with Gasteiger partial charge in [-0.05, 0) is 36.4 Å². The van der Waals surface area contributed by atoms with E-state index in [9.17, 15) is 8.42 Å². The van der Waals surface area contributed by atoms with Crippen molar-refractivity contribution in [2.75, 3.05) is 0 Å². The first kappa shape index (κ1) is 14.2. The lowest BCUT2D eigenvalue weighted by molar-refractivity contribution is 0.596. The molecule has 0 aromatic heterocycles. The van der Waals surface area contributed by atoms with Gasteiger partial charge in [0.25, 0.3) is 0 Å². The summed E-state index contributed by atoms with van der Waals surface area (Å²) in [5.41, 5.74) is 0. The molecule has 0 unspecified atom stereocenters. The quantitative estimate of drug-likeness (QED) is 0.798. The summed E-state index contributed by atoms with van der Waals surface area (Å²) in [7, 11) is -3.39. The van der Waals surface area contributed by atoms with Gasteiger partial charge in [0.15, 0.2) is 0 Å². The monoisotopic (exact) mass is 292 g/mol. The normalized spacial score (nSPS) is 11.7. The third-order valence-corrected chi connectivity index (χ3v) is 5.36. The number of hydrogen-bond donors (Lipinski definition) is 0. The Morgan fingerprint density at radius 2 is 1.37 bits per heavy atom. The van der Waals surface area contributed by atoms with Crippen LogP contribution < -0.4 is 0 Å². The zero-order valence-electron chi connectivity index (χ0n) is 10.9. The Morgan fingerprint density at radius 1 is 0.842 bits per heavy atom. The minimum Gasteiger partial charge on any atom is -0.219 e. The maximum absolute atomic E-state index is 12.4. The molecule has 2 nitrogen and oxygen atoms in total. The molecule has 0 saturated carbocycles. The first-order chi connectivity index (χ1) is 9.00.